The minimum absolute atomic E-state index is 0.0244. The number of nitrogens with one attached hydrogen (secondary N) is 2. The van der Waals surface area contributed by atoms with Crippen LogP contribution in [-0.4, -0.2) is 49.4 Å². The van der Waals surface area contributed by atoms with Crippen molar-refractivity contribution in [2.45, 2.75) is 5.92 Å². The van der Waals surface area contributed by atoms with Gasteiger partial charge >= 0.3 is 12.1 Å². The zero-order valence-electron chi connectivity index (χ0n) is 18.3. The fraction of sp³-hybridized carbons (Fsp3) is 0.192. The van der Waals surface area contributed by atoms with Gasteiger partial charge in [-0.05, 0) is 46.5 Å². The van der Waals surface area contributed by atoms with E-state index in [1.807, 2.05) is 24.3 Å². The van der Waals surface area contributed by atoms with Gasteiger partial charge in [0.1, 0.15) is 13.2 Å². The molecule has 0 saturated carbocycles. The first kappa shape index (κ1) is 23.0. The maximum Gasteiger partial charge on any atom is 0.411 e. The summed E-state index contributed by atoms with van der Waals surface area (Å²) in [6.45, 7) is 0.0851. The third-order valence-corrected chi connectivity index (χ3v) is 5.49. The molecule has 2 amide bonds. The van der Waals surface area contributed by atoms with Crippen molar-refractivity contribution < 1.29 is 29.0 Å². The number of hydrogen-bond acceptors (Lipinski definition) is 5. The lowest BCUT2D eigenvalue weighted by Crippen LogP contribution is -2.27. The van der Waals surface area contributed by atoms with E-state index in [0.29, 0.717) is 11.3 Å². The number of rotatable bonds is 9. The molecule has 3 N–H and O–H groups in total. The van der Waals surface area contributed by atoms with E-state index < -0.39 is 18.7 Å². The molecule has 0 heterocycles. The summed E-state index contributed by atoms with van der Waals surface area (Å²) in [5.41, 5.74) is 5.50. The van der Waals surface area contributed by atoms with Crippen LogP contribution in [0.4, 0.5) is 10.5 Å². The van der Waals surface area contributed by atoms with Gasteiger partial charge in [0.25, 0.3) is 5.91 Å². The van der Waals surface area contributed by atoms with Crippen LogP contribution in [0, 0.1) is 0 Å². The van der Waals surface area contributed by atoms with Crippen LogP contribution in [-0.2, 0) is 14.3 Å². The summed E-state index contributed by atoms with van der Waals surface area (Å²) in [6, 6.07) is 22.6. The van der Waals surface area contributed by atoms with Crippen LogP contribution < -0.4 is 10.6 Å². The van der Waals surface area contributed by atoms with Crippen molar-refractivity contribution in [2.24, 2.45) is 0 Å². The van der Waals surface area contributed by atoms with E-state index in [1.54, 1.807) is 24.3 Å². The number of aliphatic carboxylic acids is 1. The van der Waals surface area contributed by atoms with Gasteiger partial charge in [-0.3, -0.25) is 10.1 Å². The zero-order chi connectivity index (χ0) is 23.9. The molecule has 0 bridgehead atoms. The molecule has 0 aromatic heterocycles. The molecule has 0 fully saturated rings. The van der Waals surface area contributed by atoms with E-state index in [0.717, 1.165) is 22.3 Å². The molecule has 0 spiro atoms. The maximum atomic E-state index is 12.4. The zero-order valence-corrected chi connectivity index (χ0v) is 18.3. The number of amides is 2. The van der Waals surface area contributed by atoms with Gasteiger partial charge in [0.05, 0.1) is 6.61 Å². The molecule has 174 valence electrons. The molecule has 1 aliphatic carbocycles. The smallest absolute Gasteiger partial charge is 0.411 e. The number of ether oxygens (including phenoxy) is 2. The first-order valence-electron chi connectivity index (χ1n) is 10.8. The standard InChI is InChI=1S/C26H24N2O6/c29-24(30)16-33-14-13-27-25(31)17-9-11-18(12-10-17)28-26(32)34-15-23-21-7-3-1-5-19(21)20-6-2-4-8-22(20)23/h1-12,23H,13-16H2,(H,27,31)(H,28,32)(H,29,30). The van der Waals surface area contributed by atoms with E-state index in [1.165, 1.54) is 0 Å². The summed E-state index contributed by atoms with van der Waals surface area (Å²) >= 11 is 0. The monoisotopic (exact) mass is 460 g/mol. The summed E-state index contributed by atoms with van der Waals surface area (Å²) in [4.78, 5) is 34.9. The second-order valence-corrected chi connectivity index (χ2v) is 7.73. The molecule has 34 heavy (non-hydrogen) atoms. The Bertz CT molecular complexity index is 1150. The first-order valence-corrected chi connectivity index (χ1v) is 10.8. The molecule has 0 radical (unpaired) electrons. The molecule has 8 heteroatoms. The number of carbonyl (C=O) groups excluding carboxylic acids is 2. The van der Waals surface area contributed by atoms with Gasteiger partial charge in [0.2, 0.25) is 0 Å². The van der Waals surface area contributed by atoms with Crippen molar-refractivity contribution in [3.8, 4) is 11.1 Å². The lowest BCUT2D eigenvalue weighted by atomic mass is 9.98. The summed E-state index contributed by atoms with van der Waals surface area (Å²) < 4.78 is 10.4. The Kier molecular flexibility index (Phi) is 7.19. The van der Waals surface area contributed by atoms with Crippen molar-refractivity contribution >= 4 is 23.7 Å². The Morgan fingerprint density at radius 1 is 0.853 bits per heavy atom. The van der Waals surface area contributed by atoms with Crippen molar-refractivity contribution in [3.63, 3.8) is 0 Å². The van der Waals surface area contributed by atoms with Gasteiger partial charge in [0, 0.05) is 23.7 Å². The molecule has 1 aliphatic rings. The average molecular weight is 460 g/mol. The second kappa shape index (κ2) is 10.6. The minimum Gasteiger partial charge on any atom is -0.480 e. The largest absolute Gasteiger partial charge is 0.480 e. The highest BCUT2D eigenvalue weighted by molar-refractivity contribution is 5.95. The van der Waals surface area contributed by atoms with Crippen LogP contribution in [0.25, 0.3) is 11.1 Å². The van der Waals surface area contributed by atoms with E-state index in [4.69, 9.17) is 14.6 Å². The fourth-order valence-electron chi connectivity index (χ4n) is 3.96. The molecule has 0 atom stereocenters. The maximum absolute atomic E-state index is 12.4. The van der Waals surface area contributed by atoms with Crippen LogP contribution in [0.15, 0.2) is 72.8 Å². The number of carboxylic acid groups (broad SMARTS) is 1. The molecule has 8 nitrogen and oxygen atoms in total. The Morgan fingerprint density at radius 2 is 1.47 bits per heavy atom. The van der Waals surface area contributed by atoms with Crippen LogP contribution >= 0.6 is 0 Å². The van der Waals surface area contributed by atoms with Gasteiger partial charge in [-0.15, -0.1) is 0 Å². The molecular weight excluding hydrogens is 436 g/mol. The number of hydrogen-bond donors (Lipinski definition) is 3. The fourth-order valence-corrected chi connectivity index (χ4v) is 3.96. The number of benzene rings is 3. The highest BCUT2D eigenvalue weighted by atomic mass is 16.5. The lowest BCUT2D eigenvalue weighted by molar-refractivity contribution is -0.142. The molecule has 0 aliphatic heterocycles. The third-order valence-electron chi connectivity index (χ3n) is 5.49. The Morgan fingerprint density at radius 3 is 2.09 bits per heavy atom. The highest BCUT2D eigenvalue weighted by Crippen LogP contribution is 2.44. The van der Waals surface area contributed by atoms with Crippen molar-refractivity contribution in [1.82, 2.24) is 5.32 Å². The Hall–Kier alpha value is -4.17. The highest BCUT2D eigenvalue weighted by Gasteiger charge is 2.29. The quantitative estimate of drug-likeness (QED) is 0.418. The van der Waals surface area contributed by atoms with E-state index in [9.17, 15) is 14.4 Å². The Balaban J connectivity index is 1.28. The first-order chi connectivity index (χ1) is 16.5. The van der Waals surface area contributed by atoms with E-state index >= 15 is 0 Å². The van der Waals surface area contributed by atoms with Crippen LogP contribution in [0.2, 0.25) is 0 Å². The van der Waals surface area contributed by atoms with Crippen molar-refractivity contribution in [2.75, 3.05) is 31.7 Å². The average Bonchev–Trinajstić information content (AvgIpc) is 3.16. The molecule has 0 saturated heterocycles. The number of anilines is 1. The number of carbonyl (C=O) groups is 3. The van der Waals surface area contributed by atoms with E-state index in [2.05, 4.69) is 34.9 Å². The molecule has 4 rings (SSSR count). The molecule has 3 aromatic rings. The van der Waals surface area contributed by atoms with Gasteiger partial charge < -0.3 is 19.9 Å². The molecule has 3 aromatic carbocycles. The van der Waals surface area contributed by atoms with Crippen molar-refractivity contribution in [3.05, 3.63) is 89.5 Å². The lowest BCUT2D eigenvalue weighted by Gasteiger charge is -2.14. The van der Waals surface area contributed by atoms with Gasteiger partial charge in [-0.25, -0.2) is 9.59 Å². The number of carboxylic acids is 1. The van der Waals surface area contributed by atoms with E-state index in [-0.39, 0.29) is 31.6 Å². The van der Waals surface area contributed by atoms with Crippen LogP contribution in [0.1, 0.15) is 27.4 Å². The Labute approximate surface area is 196 Å². The summed E-state index contributed by atoms with van der Waals surface area (Å²) in [7, 11) is 0. The SMILES string of the molecule is O=C(O)COCCNC(=O)c1ccc(NC(=O)OCC2c3ccccc3-c3ccccc32)cc1. The summed E-state index contributed by atoms with van der Waals surface area (Å²) in [5, 5.41) is 13.8. The second-order valence-electron chi connectivity index (χ2n) is 7.73. The minimum atomic E-state index is -1.06. The van der Waals surface area contributed by atoms with Gasteiger partial charge in [-0.1, -0.05) is 48.5 Å². The van der Waals surface area contributed by atoms with Crippen molar-refractivity contribution in [1.29, 1.82) is 0 Å². The summed E-state index contributed by atoms with van der Waals surface area (Å²) in [5.74, 6) is -1.42. The van der Waals surface area contributed by atoms with Gasteiger partial charge in [-0.2, -0.15) is 0 Å². The number of fused-ring (bicyclic) bond motifs is 3. The third kappa shape index (κ3) is 5.41. The predicted molar refractivity (Wildman–Crippen MR) is 126 cm³/mol. The summed E-state index contributed by atoms with van der Waals surface area (Å²) in [6.07, 6.45) is -0.574. The topological polar surface area (TPSA) is 114 Å². The normalized spacial score (nSPS) is 11.9. The van der Waals surface area contributed by atoms with Crippen LogP contribution in [0.5, 0.6) is 0 Å². The molecule has 0 unspecified atom stereocenters. The van der Waals surface area contributed by atoms with Gasteiger partial charge in [0.15, 0.2) is 0 Å². The molecular formula is C26H24N2O6. The predicted octanol–water partition coefficient (Wildman–Crippen LogP) is 3.88. The van der Waals surface area contributed by atoms with Crippen LogP contribution in [0.3, 0.4) is 0 Å².